The summed E-state index contributed by atoms with van der Waals surface area (Å²) in [6.45, 7) is 1.74. The summed E-state index contributed by atoms with van der Waals surface area (Å²) in [7, 11) is -1.98. The lowest BCUT2D eigenvalue weighted by Crippen LogP contribution is -2.44. The number of nitrogens with one attached hydrogen (secondary N) is 2. The van der Waals surface area contributed by atoms with Crippen LogP contribution < -0.4 is 15.4 Å². The number of hydrogen-bond donors (Lipinski definition) is 2. The Morgan fingerprint density at radius 1 is 0.886 bits per heavy atom. The Balaban J connectivity index is 1.41. The van der Waals surface area contributed by atoms with E-state index in [0.717, 1.165) is 65.6 Å². The molecular weight excluding hydrogens is 576 g/mol. The van der Waals surface area contributed by atoms with Gasteiger partial charge in [-0.15, -0.1) is 0 Å². The van der Waals surface area contributed by atoms with Crippen LogP contribution in [0, 0.1) is 5.92 Å². The second kappa shape index (κ2) is 11.7. The third-order valence-corrected chi connectivity index (χ3v) is 11.7. The lowest BCUT2D eigenvalue weighted by atomic mass is 9.81. The number of carbonyl (C=O) groups excluding carboxylic acids is 2. The molecule has 6 bridgehead atoms. The molecule has 0 atom stereocenters. The summed E-state index contributed by atoms with van der Waals surface area (Å²) in [4.78, 5) is 27.2. The molecule has 5 aliphatic rings. The highest BCUT2D eigenvalue weighted by Gasteiger charge is 2.32. The van der Waals surface area contributed by atoms with Crippen LogP contribution in [0.2, 0.25) is 0 Å². The molecule has 3 aromatic rings. The van der Waals surface area contributed by atoms with Crippen LogP contribution in [0.4, 0.5) is 0 Å². The van der Waals surface area contributed by atoms with Crippen molar-refractivity contribution in [1.82, 2.24) is 19.5 Å². The Kier molecular flexibility index (Phi) is 7.74. The van der Waals surface area contributed by atoms with E-state index in [9.17, 15) is 18.0 Å². The van der Waals surface area contributed by atoms with Crippen molar-refractivity contribution in [2.24, 2.45) is 5.92 Å². The van der Waals surface area contributed by atoms with Gasteiger partial charge in [0.1, 0.15) is 11.6 Å². The number of hydrogen-bond acceptors (Lipinski definition) is 5. The summed E-state index contributed by atoms with van der Waals surface area (Å²) in [5.41, 5.74) is 6.27. The predicted molar refractivity (Wildman–Crippen MR) is 171 cm³/mol. The number of amides is 2. The SMILES string of the molecule is COc1ccc2c(c1)C=C1Cn3c-2c(C2CCCCC2)c2ccc(cc23)C(=O)NCS(=O)(=O)N2CCC(CCNC1=O)CC2. The predicted octanol–water partition coefficient (Wildman–Crippen LogP) is 5.01. The van der Waals surface area contributed by atoms with E-state index in [-0.39, 0.29) is 5.91 Å². The van der Waals surface area contributed by atoms with Gasteiger partial charge in [-0.25, -0.2) is 12.7 Å². The number of piperidine rings is 1. The molecule has 10 heteroatoms. The quantitative estimate of drug-likeness (QED) is 0.421. The van der Waals surface area contributed by atoms with E-state index in [4.69, 9.17) is 4.74 Å². The van der Waals surface area contributed by atoms with Crippen LogP contribution in [0.5, 0.6) is 5.75 Å². The van der Waals surface area contributed by atoms with E-state index in [1.54, 1.807) is 13.2 Å². The van der Waals surface area contributed by atoms with E-state index in [1.165, 1.54) is 29.1 Å². The maximum atomic E-state index is 13.8. The molecule has 8 rings (SSSR count). The van der Waals surface area contributed by atoms with Crippen LogP contribution >= 0.6 is 0 Å². The topological polar surface area (TPSA) is 110 Å². The van der Waals surface area contributed by atoms with Gasteiger partial charge in [0.05, 0.1) is 19.3 Å². The van der Waals surface area contributed by atoms with Crippen LogP contribution in [0.3, 0.4) is 0 Å². The molecule has 44 heavy (non-hydrogen) atoms. The summed E-state index contributed by atoms with van der Waals surface area (Å²) in [6.07, 6.45) is 10.0. The summed E-state index contributed by atoms with van der Waals surface area (Å²) in [6, 6.07) is 11.7. The largest absolute Gasteiger partial charge is 0.497 e. The minimum Gasteiger partial charge on any atom is -0.497 e. The van der Waals surface area contributed by atoms with Gasteiger partial charge in [0.25, 0.3) is 5.91 Å². The first-order chi connectivity index (χ1) is 21.3. The molecule has 1 saturated carbocycles. The highest BCUT2D eigenvalue weighted by Crippen LogP contribution is 2.47. The van der Waals surface area contributed by atoms with E-state index in [0.29, 0.717) is 49.2 Å². The molecule has 2 fully saturated rings. The summed E-state index contributed by atoms with van der Waals surface area (Å²) in [5, 5.41) is 6.94. The van der Waals surface area contributed by atoms with Crippen LogP contribution in [0.25, 0.3) is 28.2 Å². The van der Waals surface area contributed by atoms with Gasteiger partial charge >= 0.3 is 0 Å². The number of nitrogens with zero attached hydrogens (tertiary/aromatic N) is 2. The fraction of sp³-hybridized carbons (Fsp3) is 0.471. The number of sulfonamides is 1. The van der Waals surface area contributed by atoms with Crippen LogP contribution in [-0.2, 0) is 21.4 Å². The molecule has 1 saturated heterocycles. The Morgan fingerprint density at radius 3 is 2.45 bits per heavy atom. The number of ether oxygens (including phenoxy) is 1. The van der Waals surface area contributed by atoms with E-state index >= 15 is 0 Å². The molecule has 1 aliphatic carbocycles. The van der Waals surface area contributed by atoms with Crippen molar-refractivity contribution in [1.29, 1.82) is 0 Å². The van der Waals surface area contributed by atoms with Gasteiger partial charge in [-0.2, -0.15) is 0 Å². The van der Waals surface area contributed by atoms with Crippen LogP contribution in [0.15, 0.2) is 42.0 Å². The summed E-state index contributed by atoms with van der Waals surface area (Å²) >= 11 is 0. The van der Waals surface area contributed by atoms with Gasteiger partial charge in [0.2, 0.25) is 15.9 Å². The number of carbonyl (C=O) groups is 2. The lowest BCUT2D eigenvalue weighted by molar-refractivity contribution is -0.117. The standard InChI is InChI=1S/C34H40N4O5S/c1-43-27-8-10-28-25(18-27)17-26-20-38-30-19-24(7-9-29(30)31(32(28)38)23-5-3-2-4-6-23)33(39)36-21-44(41,42)37-15-12-22(13-16-37)11-14-35-34(26)40/h7-10,17-19,22-23H,2-6,11-16,20-21H2,1H3,(H,35,40)(H,36,39). The molecule has 0 spiro atoms. The Labute approximate surface area is 258 Å². The number of aromatic nitrogens is 1. The second-order valence-electron chi connectivity index (χ2n) is 12.7. The van der Waals surface area contributed by atoms with Gasteiger partial charge in [0.15, 0.2) is 0 Å². The summed E-state index contributed by atoms with van der Waals surface area (Å²) in [5.74, 6) is 0.470. The normalized spacial score (nSPS) is 24.2. The van der Waals surface area contributed by atoms with Crippen molar-refractivity contribution in [3.8, 4) is 17.0 Å². The first-order valence-corrected chi connectivity index (χ1v) is 17.5. The van der Waals surface area contributed by atoms with Crippen LogP contribution in [-0.4, -0.2) is 61.7 Å². The zero-order valence-corrected chi connectivity index (χ0v) is 26.0. The molecule has 2 aromatic carbocycles. The van der Waals surface area contributed by atoms with Crippen molar-refractivity contribution in [2.45, 2.75) is 63.8 Å². The molecule has 232 valence electrons. The van der Waals surface area contributed by atoms with Gasteiger partial charge in [0, 0.05) is 47.2 Å². The Bertz CT molecular complexity index is 1760. The maximum Gasteiger partial charge on any atom is 0.252 e. The van der Waals surface area contributed by atoms with Crippen molar-refractivity contribution in [3.63, 3.8) is 0 Å². The van der Waals surface area contributed by atoms with Gasteiger partial charge in [-0.1, -0.05) is 25.3 Å². The van der Waals surface area contributed by atoms with E-state index in [2.05, 4.69) is 21.3 Å². The molecule has 0 radical (unpaired) electrons. The van der Waals surface area contributed by atoms with Crippen LogP contribution in [0.1, 0.15) is 78.8 Å². The molecular formula is C34H40N4O5S. The van der Waals surface area contributed by atoms with Crippen molar-refractivity contribution in [2.75, 3.05) is 32.6 Å². The van der Waals surface area contributed by atoms with Gasteiger partial charge < -0.3 is 19.9 Å². The molecule has 9 nitrogen and oxygen atoms in total. The molecule has 0 unspecified atom stereocenters. The summed E-state index contributed by atoms with van der Waals surface area (Å²) < 4.78 is 35.5. The molecule has 2 amide bonds. The molecule has 5 heterocycles. The first-order valence-electron chi connectivity index (χ1n) is 15.9. The average Bonchev–Trinajstić information content (AvgIpc) is 3.25. The minimum atomic E-state index is -3.63. The fourth-order valence-corrected chi connectivity index (χ4v) is 8.91. The fourth-order valence-electron chi connectivity index (χ4n) is 7.65. The molecule has 2 N–H and O–H groups in total. The minimum absolute atomic E-state index is 0.109. The van der Waals surface area contributed by atoms with Gasteiger partial charge in [-0.3, -0.25) is 9.59 Å². The van der Waals surface area contributed by atoms with E-state index < -0.39 is 21.8 Å². The second-order valence-corrected chi connectivity index (χ2v) is 14.7. The maximum absolute atomic E-state index is 13.8. The van der Waals surface area contributed by atoms with Gasteiger partial charge in [-0.05, 0) is 91.5 Å². The van der Waals surface area contributed by atoms with Crippen molar-refractivity contribution < 1.29 is 22.7 Å². The zero-order valence-electron chi connectivity index (χ0n) is 25.2. The zero-order chi connectivity index (χ0) is 30.4. The average molecular weight is 617 g/mol. The van der Waals surface area contributed by atoms with E-state index in [1.807, 2.05) is 30.3 Å². The monoisotopic (exact) mass is 616 g/mol. The third kappa shape index (κ3) is 5.32. The number of rotatable bonds is 2. The third-order valence-electron chi connectivity index (χ3n) is 10.1. The Morgan fingerprint density at radius 2 is 1.68 bits per heavy atom. The lowest BCUT2D eigenvalue weighted by Gasteiger charge is -2.31. The Hall–Kier alpha value is -3.63. The number of methoxy groups -OCH3 is 1. The van der Waals surface area contributed by atoms with Crippen molar-refractivity contribution in [3.05, 3.63) is 58.7 Å². The molecule has 1 aromatic heterocycles. The number of benzene rings is 2. The number of fused-ring (bicyclic) bond motifs is 10. The smallest absolute Gasteiger partial charge is 0.252 e. The molecule has 4 aliphatic heterocycles. The highest BCUT2D eigenvalue weighted by molar-refractivity contribution is 7.89. The highest BCUT2D eigenvalue weighted by atomic mass is 32.2. The van der Waals surface area contributed by atoms with Crippen molar-refractivity contribution >= 4 is 38.8 Å². The first kappa shape index (κ1) is 29.1.